The van der Waals surface area contributed by atoms with E-state index in [0.717, 1.165) is 62.6 Å². The van der Waals surface area contributed by atoms with Gasteiger partial charge in [-0.3, -0.25) is 9.69 Å². The number of fused-ring (bicyclic) bond motifs is 3. The summed E-state index contributed by atoms with van der Waals surface area (Å²) in [6, 6.07) is 27.9. The summed E-state index contributed by atoms with van der Waals surface area (Å²) in [4.78, 5) is 22.0. The van der Waals surface area contributed by atoms with Crippen molar-refractivity contribution in [1.29, 1.82) is 0 Å². The van der Waals surface area contributed by atoms with Crippen LogP contribution in [0.1, 0.15) is 20.8 Å². The van der Waals surface area contributed by atoms with Gasteiger partial charge in [-0.1, -0.05) is 36.4 Å². The zero-order valence-electron chi connectivity index (χ0n) is 19.2. The molecule has 0 saturated heterocycles. The maximum absolute atomic E-state index is 14.1. The molecule has 5 aromatic rings. The first-order chi connectivity index (χ1) is 17.1. The van der Waals surface area contributed by atoms with Crippen molar-refractivity contribution >= 4 is 44.5 Å². The number of aryl methyl sites for hydroxylation is 2. The Morgan fingerprint density at radius 2 is 1.51 bits per heavy atom. The highest BCUT2D eigenvalue weighted by molar-refractivity contribution is 7.21. The van der Waals surface area contributed by atoms with Crippen molar-refractivity contribution in [3.05, 3.63) is 101 Å². The monoisotopic (exact) mass is 477 g/mol. The van der Waals surface area contributed by atoms with Gasteiger partial charge in [-0.05, 0) is 72.5 Å². The minimum absolute atomic E-state index is 0.127. The Morgan fingerprint density at radius 1 is 0.886 bits per heavy atom. The van der Waals surface area contributed by atoms with Crippen LogP contribution in [0.15, 0.2) is 84.9 Å². The molecule has 0 spiro atoms. The van der Waals surface area contributed by atoms with Gasteiger partial charge in [0.1, 0.15) is 15.5 Å². The van der Waals surface area contributed by atoms with Gasteiger partial charge in [0.2, 0.25) is 0 Å². The van der Waals surface area contributed by atoms with E-state index >= 15 is 0 Å². The molecule has 172 valence electrons. The lowest BCUT2D eigenvalue weighted by atomic mass is 10.0. The maximum Gasteiger partial charge on any atom is 0.275 e. The number of benzene rings is 3. The van der Waals surface area contributed by atoms with Crippen molar-refractivity contribution in [2.45, 2.75) is 12.8 Å². The minimum atomic E-state index is -0.127. The fraction of sp³-hybridized carbons (Fsp3) is 0.103. The first-order valence-corrected chi connectivity index (χ1v) is 12.3. The SMILES string of the molecule is COc1ccc(-c2ccc3c(N)c(C(=O)N4c5ccccc5CCc5ccccc54)sc3n2)cc1. The van der Waals surface area contributed by atoms with Gasteiger partial charge in [0.15, 0.2) is 0 Å². The van der Waals surface area contributed by atoms with Crippen molar-refractivity contribution in [2.24, 2.45) is 0 Å². The molecule has 1 aliphatic rings. The molecule has 1 amide bonds. The molecular weight excluding hydrogens is 454 g/mol. The third-order valence-corrected chi connectivity index (χ3v) is 7.61. The number of pyridine rings is 1. The predicted octanol–water partition coefficient (Wildman–Crippen LogP) is 6.63. The average molecular weight is 478 g/mol. The lowest BCUT2D eigenvalue weighted by Crippen LogP contribution is -2.26. The summed E-state index contributed by atoms with van der Waals surface area (Å²) in [6.07, 6.45) is 1.76. The Bertz CT molecular complexity index is 1530. The van der Waals surface area contributed by atoms with Gasteiger partial charge < -0.3 is 10.5 Å². The van der Waals surface area contributed by atoms with E-state index in [1.54, 1.807) is 7.11 Å². The summed E-state index contributed by atoms with van der Waals surface area (Å²) < 4.78 is 5.26. The first-order valence-electron chi connectivity index (χ1n) is 11.5. The number of aromatic nitrogens is 1. The largest absolute Gasteiger partial charge is 0.497 e. The topological polar surface area (TPSA) is 68.5 Å². The van der Waals surface area contributed by atoms with Crippen LogP contribution in [0.3, 0.4) is 0 Å². The Kier molecular flexibility index (Phi) is 5.23. The first kappa shape index (κ1) is 21.4. The second-order valence-electron chi connectivity index (χ2n) is 8.52. The van der Waals surface area contributed by atoms with E-state index in [-0.39, 0.29) is 5.91 Å². The molecule has 0 aliphatic carbocycles. The van der Waals surface area contributed by atoms with Crippen LogP contribution in [-0.2, 0) is 12.8 Å². The fourth-order valence-corrected chi connectivity index (χ4v) is 5.70. The predicted molar refractivity (Wildman–Crippen MR) is 143 cm³/mol. The Labute approximate surface area is 207 Å². The molecule has 6 rings (SSSR count). The van der Waals surface area contributed by atoms with Crippen molar-refractivity contribution in [1.82, 2.24) is 4.98 Å². The fourth-order valence-electron chi connectivity index (χ4n) is 4.68. The highest BCUT2D eigenvalue weighted by Gasteiger charge is 2.29. The van der Waals surface area contributed by atoms with E-state index in [1.165, 1.54) is 11.3 Å². The molecule has 0 fully saturated rings. The number of thiophene rings is 1. The number of hydrogen-bond donors (Lipinski definition) is 1. The van der Waals surface area contributed by atoms with Crippen LogP contribution in [-0.4, -0.2) is 18.0 Å². The van der Waals surface area contributed by atoms with Gasteiger partial charge in [-0.15, -0.1) is 11.3 Å². The number of nitrogens with two attached hydrogens (primary N) is 1. The smallest absolute Gasteiger partial charge is 0.275 e. The van der Waals surface area contributed by atoms with Crippen molar-refractivity contribution in [2.75, 3.05) is 17.7 Å². The standard InChI is InChI=1S/C29H23N3O2S/c1-34-21-14-12-18(13-15-21)23-17-16-22-26(30)27(35-28(22)31-23)29(33)32-24-8-4-2-6-19(24)10-11-20-7-3-5-9-25(20)32/h2-9,12-17H,10-11,30H2,1H3. The lowest BCUT2D eigenvalue weighted by molar-refractivity contribution is 0.100. The van der Waals surface area contributed by atoms with E-state index in [1.807, 2.05) is 77.7 Å². The third-order valence-electron chi connectivity index (χ3n) is 6.51. The van der Waals surface area contributed by atoms with Crippen LogP contribution in [0.5, 0.6) is 5.75 Å². The van der Waals surface area contributed by atoms with Crippen molar-refractivity contribution < 1.29 is 9.53 Å². The quantitative estimate of drug-likeness (QED) is 0.317. The van der Waals surface area contributed by atoms with Gasteiger partial charge in [0, 0.05) is 10.9 Å². The summed E-state index contributed by atoms with van der Waals surface area (Å²) in [5.41, 5.74) is 12.9. The second-order valence-corrected chi connectivity index (χ2v) is 9.52. The summed E-state index contributed by atoms with van der Waals surface area (Å²) in [6.45, 7) is 0. The van der Waals surface area contributed by atoms with Gasteiger partial charge in [-0.25, -0.2) is 4.98 Å². The number of nitrogen functional groups attached to an aromatic ring is 1. The zero-order valence-corrected chi connectivity index (χ0v) is 20.0. The maximum atomic E-state index is 14.1. The number of methoxy groups -OCH3 is 1. The van der Waals surface area contributed by atoms with E-state index in [0.29, 0.717) is 10.6 Å². The van der Waals surface area contributed by atoms with Crippen LogP contribution in [0, 0.1) is 0 Å². The van der Waals surface area contributed by atoms with E-state index < -0.39 is 0 Å². The molecule has 2 aromatic heterocycles. The molecule has 3 heterocycles. The van der Waals surface area contributed by atoms with Crippen LogP contribution >= 0.6 is 11.3 Å². The number of ether oxygens (including phenoxy) is 1. The summed E-state index contributed by atoms with van der Waals surface area (Å²) in [5, 5.41) is 0.798. The van der Waals surface area contributed by atoms with Gasteiger partial charge in [0.25, 0.3) is 5.91 Å². The van der Waals surface area contributed by atoms with Gasteiger partial charge in [-0.2, -0.15) is 0 Å². The number of hydrogen-bond acceptors (Lipinski definition) is 5. The Balaban J connectivity index is 1.46. The molecule has 0 atom stereocenters. The minimum Gasteiger partial charge on any atom is -0.497 e. The Morgan fingerprint density at radius 3 is 2.14 bits per heavy atom. The lowest BCUT2D eigenvalue weighted by Gasteiger charge is -2.24. The molecule has 1 aliphatic heterocycles. The number of nitrogens with zero attached hydrogens (tertiary/aromatic N) is 2. The molecule has 2 N–H and O–H groups in total. The van der Waals surface area contributed by atoms with Crippen molar-refractivity contribution in [3.63, 3.8) is 0 Å². The number of rotatable bonds is 3. The molecule has 0 bridgehead atoms. The summed E-state index contributed by atoms with van der Waals surface area (Å²) in [5.74, 6) is 0.666. The molecule has 0 radical (unpaired) electrons. The average Bonchev–Trinajstić information content (AvgIpc) is 3.14. The van der Waals surface area contributed by atoms with Gasteiger partial charge in [0.05, 0.1) is 29.9 Å². The van der Waals surface area contributed by atoms with Crippen LogP contribution in [0.4, 0.5) is 17.1 Å². The summed E-state index contributed by atoms with van der Waals surface area (Å²) in [7, 11) is 1.65. The zero-order chi connectivity index (χ0) is 23.9. The number of para-hydroxylation sites is 2. The highest BCUT2D eigenvalue weighted by atomic mass is 32.1. The number of anilines is 3. The van der Waals surface area contributed by atoms with Crippen LogP contribution in [0.25, 0.3) is 21.5 Å². The molecular formula is C29H23N3O2S. The normalized spacial score (nSPS) is 12.7. The molecule has 6 heteroatoms. The van der Waals surface area contributed by atoms with E-state index in [4.69, 9.17) is 15.5 Å². The third kappa shape index (κ3) is 3.63. The Hall–Kier alpha value is -4.16. The van der Waals surface area contributed by atoms with Crippen LogP contribution < -0.4 is 15.4 Å². The molecule has 0 unspecified atom stereocenters. The van der Waals surface area contributed by atoms with E-state index in [2.05, 4.69) is 12.1 Å². The highest BCUT2D eigenvalue weighted by Crippen LogP contribution is 2.41. The van der Waals surface area contributed by atoms with Crippen molar-refractivity contribution in [3.8, 4) is 17.0 Å². The molecule has 0 saturated carbocycles. The van der Waals surface area contributed by atoms with Gasteiger partial charge >= 0.3 is 0 Å². The number of amides is 1. The number of carbonyl (C=O) groups is 1. The number of carbonyl (C=O) groups excluding carboxylic acids is 1. The molecule has 3 aromatic carbocycles. The molecule has 5 nitrogen and oxygen atoms in total. The summed E-state index contributed by atoms with van der Waals surface area (Å²) >= 11 is 1.35. The van der Waals surface area contributed by atoms with Crippen LogP contribution in [0.2, 0.25) is 0 Å². The molecule has 35 heavy (non-hydrogen) atoms. The second kappa shape index (κ2) is 8.56. The van der Waals surface area contributed by atoms with E-state index in [9.17, 15) is 4.79 Å².